The van der Waals surface area contributed by atoms with Gasteiger partial charge in [0.25, 0.3) is 0 Å². The van der Waals surface area contributed by atoms with E-state index in [9.17, 15) is 9.90 Å². The number of thiazole rings is 1. The molecule has 4 rings (SSSR count). The summed E-state index contributed by atoms with van der Waals surface area (Å²) in [5, 5.41) is 12.8. The van der Waals surface area contributed by atoms with Gasteiger partial charge in [0.2, 0.25) is 0 Å². The number of pyridine rings is 2. The number of aliphatic hydroxyl groups is 1. The van der Waals surface area contributed by atoms with Crippen molar-refractivity contribution < 1.29 is 5.11 Å². The van der Waals surface area contributed by atoms with Gasteiger partial charge in [-0.1, -0.05) is 0 Å². The van der Waals surface area contributed by atoms with Gasteiger partial charge in [-0.05, 0) is 31.5 Å². The molecular formula is C18H21N5O2S. The first-order valence-corrected chi connectivity index (χ1v) is 9.49. The van der Waals surface area contributed by atoms with Crippen molar-refractivity contribution in [3.63, 3.8) is 0 Å². The molecule has 0 spiro atoms. The number of nitrogens with zero attached hydrogens (tertiary/aromatic N) is 4. The smallest absolute Gasteiger partial charge is 0.195 e. The minimum absolute atomic E-state index is 0.0126. The summed E-state index contributed by atoms with van der Waals surface area (Å²) in [5.74, 6) is 1.19. The van der Waals surface area contributed by atoms with Gasteiger partial charge in [0, 0.05) is 49.0 Å². The first-order valence-electron chi connectivity index (χ1n) is 8.61. The summed E-state index contributed by atoms with van der Waals surface area (Å²) in [6.07, 6.45) is 3.53. The molecule has 1 aliphatic rings. The molecule has 8 heteroatoms. The third kappa shape index (κ3) is 2.80. The number of aliphatic hydroxyl groups excluding tert-OH is 1. The van der Waals surface area contributed by atoms with E-state index in [-0.39, 0.29) is 23.9 Å². The van der Waals surface area contributed by atoms with E-state index in [1.165, 1.54) is 11.3 Å². The van der Waals surface area contributed by atoms with Crippen molar-refractivity contribution in [1.29, 1.82) is 0 Å². The summed E-state index contributed by atoms with van der Waals surface area (Å²) >= 11 is 1.50. The molecule has 0 aromatic carbocycles. The lowest BCUT2D eigenvalue weighted by Crippen LogP contribution is -2.24. The average molecular weight is 371 g/mol. The maximum absolute atomic E-state index is 12.5. The Morgan fingerprint density at radius 3 is 2.81 bits per heavy atom. The van der Waals surface area contributed by atoms with E-state index in [2.05, 4.69) is 9.88 Å². The highest BCUT2D eigenvalue weighted by atomic mass is 32.1. The zero-order chi connectivity index (χ0) is 18.3. The summed E-state index contributed by atoms with van der Waals surface area (Å²) in [5.41, 5.74) is 7.09. The summed E-state index contributed by atoms with van der Waals surface area (Å²) in [6.45, 7) is 3.93. The van der Waals surface area contributed by atoms with Crippen molar-refractivity contribution in [2.75, 3.05) is 31.1 Å². The number of nitrogens with two attached hydrogens (primary N) is 1. The molecule has 0 unspecified atom stereocenters. The number of fused-ring (bicyclic) bond motifs is 1. The van der Waals surface area contributed by atoms with Crippen LogP contribution < -0.4 is 16.1 Å². The van der Waals surface area contributed by atoms with Crippen molar-refractivity contribution in [3.8, 4) is 5.13 Å². The second-order valence-corrected chi connectivity index (χ2v) is 7.58. The maximum atomic E-state index is 12.5. The van der Waals surface area contributed by atoms with Crippen LogP contribution in [0.5, 0.6) is 0 Å². The van der Waals surface area contributed by atoms with Gasteiger partial charge in [0.1, 0.15) is 5.82 Å². The Morgan fingerprint density at radius 1 is 1.35 bits per heavy atom. The monoisotopic (exact) mass is 371 g/mol. The molecule has 0 aliphatic carbocycles. The van der Waals surface area contributed by atoms with Crippen molar-refractivity contribution in [1.82, 2.24) is 14.5 Å². The molecule has 1 saturated heterocycles. The quantitative estimate of drug-likeness (QED) is 0.714. The maximum Gasteiger partial charge on any atom is 0.195 e. The van der Waals surface area contributed by atoms with Crippen molar-refractivity contribution in [2.24, 2.45) is 17.6 Å². The van der Waals surface area contributed by atoms with Gasteiger partial charge in [0.05, 0.1) is 5.39 Å². The predicted octanol–water partition coefficient (Wildman–Crippen LogP) is 1.15. The fraction of sp³-hybridized carbons (Fsp3) is 0.389. The molecule has 0 bridgehead atoms. The molecule has 7 nitrogen and oxygen atoms in total. The first-order chi connectivity index (χ1) is 12.6. The minimum Gasteiger partial charge on any atom is -0.396 e. The molecule has 0 amide bonds. The van der Waals surface area contributed by atoms with E-state index in [0.717, 1.165) is 17.5 Å². The number of hydrogen-bond acceptors (Lipinski definition) is 7. The Labute approximate surface area is 154 Å². The molecule has 4 heterocycles. The molecule has 1 aliphatic heterocycles. The third-order valence-corrected chi connectivity index (χ3v) is 5.85. The van der Waals surface area contributed by atoms with Crippen LogP contribution in [0.2, 0.25) is 0 Å². The van der Waals surface area contributed by atoms with Crippen LogP contribution in [0.3, 0.4) is 0 Å². The summed E-state index contributed by atoms with van der Waals surface area (Å²) in [4.78, 5) is 23.8. The SMILES string of the molecule is Cc1cn(-c2nccs2)c2nc(N3C[C@H](CN)[C@@H](CO)C3)ccc2c1=O. The number of anilines is 1. The van der Waals surface area contributed by atoms with E-state index in [1.54, 1.807) is 19.3 Å². The third-order valence-electron chi connectivity index (χ3n) is 5.08. The Kier molecular flexibility index (Phi) is 4.47. The molecular weight excluding hydrogens is 350 g/mol. The average Bonchev–Trinajstić information content (AvgIpc) is 3.33. The van der Waals surface area contributed by atoms with Crippen LogP contribution in [0, 0.1) is 18.8 Å². The predicted molar refractivity (Wildman–Crippen MR) is 103 cm³/mol. The Morgan fingerprint density at radius 2 is 2.15 bits per heavy atom. The Bertz CT molecular complexity index is 973. The molecule has 1 fully saturated rings. The zero-order valence-corrected chi connectivity index (χ0v) is 15.3. The fourth-order valence-corrected chi connectivity index (χ4v) is 4.20. The number of rotatable bonds is 4. The second kappa shape index (κ2) is 6.79. The van der Waals surface area contributed by atoms with Gasteiger partial charge < -0.3 is 15.7 Å². The lowest BCUT2D eigenvalue weighted by Gasteiger charge is -2.18. The molecule has 3 aromatic heterocycles. The zero-order valence-electron chi connectivity index (χ0n) is 14.5. The molecule has 3 aromatic rings. The lowest BCUT2D eigenvalue weighted by atomic mass is 9.97. The standard InChI is InChI=1S/C18H21N5O2S/c1-11-7-23(18-20-4-5-26-18)17-14(16(11)25)2-3-15(21-17)22-8-12(6-19)13(9-22)10-24/h2-5,7,12-13,24H,6,8-10,19H2,1H3/t12-,13+/m0/s1. The molecule has 3 N–H and O–H groups in total. The van der Waals surface area contributed by atoms with Crippen molar-refractivity contribution >= 4 is 28.2 Å². The van der Waals surface area contributed by atoms with E-state index in [4.69, 9.17) is 10.7 Å². The highest BCUT2D eigenvalue weighted by Crippen LogP contribution is 2.28. The highest BCUT2D eigenvalue weighted by Gasteiger charge is 2.32. The minimum atomic E-state index is -0.0126. The van der Waals surface area contributed by atoms with E-state index >= 15 is 0 Å². The lowest BCUT2D eigenvalue weighted by molar-refractivity contribution is 0.208. The summed E-state index contributed by atoms with van der Waals surface area (Å²) < 4.78 is 1.88. The van der Waals surface area contributed by atoms with Crippen LogP contribution in [0.4, 0.5) is 5.82 Å². The summed E-state index contributed by atoms with van der Waals surface area (Å²) in [7, 11) is 0. The molecule has 136 valence electrons. The second-order valence-electron chi connectivity index (χ2n) is 6.71. The van der Waals surface area contributed by atoms with Crippen LogP contribution in [0.25, 0.3) is 16.2 Å². The number of aryl methyl sites for hydroxylation is 1. The van der Waals surface area contributed by atoms with E-state index in [0.29, 0.717) is 29.7 Å². The number of aromatic nitrogens is 3. The normalized spacial score (nSPS) is 20.2. The molecule has 0 saturated carbocycles. The van der Waals surface area contributed by atoms with E-state index in [1.807, 2.05) is 22.1 Å². The van der Waals surface area contributed by atoms with Gasteiger partial charge in [-0.2, -0.15) is 0 Å². The van der Waals surface area contributed by atoms with Gasteiger partial charge in [-0.3, -0.25) is 9.36 Å². The molecule has 26 heavy (non-hydrogen) atoms. The topological polar surface area (TPSA) is 97.3 Å². The van der Waals surface area contributed by atoms with Crippen LogP contribution in [-0.2, 0) is 0 Å². The highest BCUT2D eigenvalue weighted by molar-refractivity contribution is 7.12. The Balaban J connectivity index is 1.83. The molecule has 2 atom stereocenters. The number of hydrogen-bond donors (Lipinski definition) is 2. The van der Waals surface area contributed by atoms with Crippen molar-refractivity contribution in [3.05, 3.63) is 45.7 Å². The summed E-state index contributed by atoms with van der Waals surface area (Å²) in [6, 6.07) is 3.71. The van der Waals surface area contributed by atoms with Gasteiger partial charge in [0.15, 0.2) is 16.2 Å². The van der Waals surface area contributed by atoms with Crippen LogP contribution in [0.1, 0.15) is 5.56 Å². The van der Waals surface area contributed by atoms with E-state index < -0.39 is 0 Å². The largest absolute Gasteiger partial charge is 0.396 e. The fourth-order valence-electron chi connectivity index (χ4n) is 3.58. The molecule has 0 radical (unpaired) electrons. The van der Waals surface area contributed by atoms with Gasteiger partial charge >= 0.3 is 0 Å². The van der Waals surface area contributed by atoms with Crippen LogP contribution >= 0.6 is 11.3 Å². The van der Waals surface area contributed by atoms with Crippen LogP contribution in [0.15, 0.2) is 34.7 Å². The van der Waals surface area contributed by atoms with Crippen LogP contribution in [-0.4, -0.2) is 45.9 Å². The first kappa shape index (κ1) is 17.1. The van der Waals surface area contributed by atoms with Crippen molar-refractivity contribution in [2.45, 2.75) is 6.92 Å². The van der Waals surface area contributed by atoms with Gasteiger partial charge in [-0.15, -0.1) is 11.3 Å². The van der Waals surface area contributed by atoms with Gasteiger partial charge in [-0.25, -0.2) is 9.97 Å². The Hall–Kier alpha value is -2.29.